The third-order valence-corrected chi connectivity index (χ3v) is 3.34. The van der Waals surface area contributed by atoms with Gasteiger partial charge in [0.25, 0.3) is 5.91 Å². The third-order valence-electron chi connectivity index (χ3n) is 2.34. The SMILES string of the molecule is C=INc1ccc(N2CCOCC2=O)cc1. The Morgan fingerprint density at radius 2 is 2.12 bits per heavy atom. The van der Waals surface area contributed by atoms with Crippen LogP contribution in [0.3, 0.4) is 0 Å². The van der Waals surface area contributed by atoms with Gasteiger partial charge in [0, 0.05) is 17.9 Å². The standard InChI is InChI=1S/C11H13IN2O2/c1-12-13-9-2-4-10(5-3-9)14-6-7-16-8-11(14)15/h2-5,13H,1,6-8H2. The second-order valence-corrected chi connectivity index (χ2v) is 4.68. The number of carbonyl (C=O) groups excluding carboxylic acids is 1. The minimum atomic E-state index is -0.206. The number of nitrogens with zero attached hydrogens (tertiary/aromatic N) is 1. The summed E-state index contributed by atoms with van der Waals surface area (Å²) in [6.45, 7) is 1.42. The maximum absolute atomic E-state index is 11.6. The van der Waals surface area contributed by atoms with Crippen LogP contribution in [0, 0.1) is 0 Å². The molecule has 1 amide bonds. The molecule has 0 saturated carbocycles. The smallest absolute Gasteiger partial charge is 0.253 e. The van der Waals surface area contributed by atoms with Crippen molar-refractivity contribution in [3.8, 4) is 0 Å². The van der Waals surface area contributed by atoms with E-state index in [1.165, 1.54) is 0 Å². The topological polar surface area (TPSA) is 41.6 Å². The molecule has 1 aromatic rings. The normalized spacial score (nSPS) is 16.2. The van der Waals surface area contributed by atoms with Gasteiger partial charge >= 0.3 is 0 Å². The van der Waals surface area contributed by atoms with E-state index in [1.54, 1.807) is 4.90 Å². The van der Waals surface area contributed by atoms with Gasteiger partial charge in [-0.15, -0.1) is 0 Å². The molecule has 0 unspecified atom stereocenters. The zero-order valence-corrected chi connectivity index (χ0v) is 10.9. The maximum Gasteiger partial charge on any atom is 0.253 e. The summed E-state index contributed by atoms with van der Waals surface area (Å²) >= 11 is -0.206. The Morgan fingerprint density at radius 1 is 1.38 bits per heavy atom. The molecule has 0 aromatic heterocycles. The molecule has 1 N–H and O–H groups in total. The summed E-state index contributed by atoms with van der Waals surface area (Å²) in [7, 11) is 0. The lowest BCUT2D eigenvalue weighted by Gasteiger charge is -2.26. The average Bonchev–Trinajstić information content (AvgIpc) is 2.31. The Morgan fingerprint density at radius 3 is 2.75 bits per heavy atom. The van der Waals surface area contributed by atoms with Crippen molar-refractivity contribution >= 4 is 42.8 Å². The third kappa shape index (κ3) is 2.59. The van der Waals surface area contributed by atoms with Gasteiger partial charge in [0.05, 0.1) is 6.61 Å². The summed E-state index contributed by atoms with van der Waals surface area (Å²) in [4.78, 5) is 13.3. The van der Waals surface area contributed by atoms with Gasteiger partial charge in [-0.25, -0.2) is 0 Å². The molecule has 5 heteroatoms. The fraction of sp³-hybridized carbons (Fsp3) is 0.273. The van der Waals surface area contributed by atoms with E-state index in [0.29, 0.717) is 13.2 Å². The van der Waals surface area contributed by atoms with Crippen molar-refractivity contribution in [3.05, 3.63) is 24.3 Å². The van der Waals surface area contributed by atoms with Crippen molar-refractivity contribution in [2.75, 3.05) is 28.2 Å². The van der Waals surface area contributed by atoms with Crippen LogP contribution in [0.25, 0.3) is 0 Å². The van der Waals surface area contributed by atoms with E-state index in [9.17, 15) is 4.79 Å². The number of ether oxygens (including phenoxy) is 1. The van der Waals surface area contributed by atoms with Gasteiger partial charge in [-0.2, -0.15) is 0 Å². The number of anilines is 2. The highest BCUT2D eigenvalue weighted by molar-refractivity contribution is 14.2. The van der Waals surface area contributed by atoms with Crippen LogP contribution >= 0.6 is 21.0 Å². The molecule has 0 aliphatic carbocycles. The summed E-state index contributed by atoms with van der Waals surface area (Å²) in [6.07, 6.45) is 0. The van der Waals surface area contributed by atoms with Crippen molar-refractivity contribution in [3.63, 3.8) is 0 Å². The van der Waals surface area contributed by atoms with Crippen molar-refractivity contribution in [2.45, 2.75) is 0 Å². The van der Waals surface area contributed by atoms with Crippen LogP contribution in [-0.2, 0) is 9.53 Å². The van der Waals surface area contributed by atoms with E-state index in [-0.39, 0.29) is 33.5 Å². The van der Waals surface area contributed by atoms with Gasteiger partial charge in [-0.3, -0.25) is 4.79 Å². The van der Waals surface area contributed by atoms with Crippen LogP contribution in [0.4, 0.5) is 11.4 Å². The first-order valence-corrected chi connectivity index (χ1v) is 7.53. The predicted molar refractivity (Wildman–Crippen MR) is 74.4 cm³/mol. The van der Waals surface area contributed by atoms with Crippen molar-refractivity contribution in [2.24, 2.45) is 0 Å². The lowest BCUT2D eigenvalue weighted by atomic mass is 10.2. The zero-order valence-electron chi connectivity index (χ0n) is 8.78. The first-order valence-electron chi connectivity index (χ1n) is 4.93. The Labute approximate surface area is 105 Å². The number of benzene rings is 1. The molecule has 0 atom stereocenters. The molecule has 1 saturated heterocycles. The molecule has 0 spiro atoms. The Balaban J connectivity index is 2.13. The molecule has 4 nitrogen and oxygen atoms in total. The molecule has 0 bridgehead atoms. The second kappa shape index (κ2) is 5.40. The predicted octanol–water partition coefficient (Wildman–Crippen LogP) is 1.78. The van der Waals surface area contributed by atoms with E-state index >= 15 is 0 Å². The molecule has 1 aliphatic heterocycles. The monoisotopic (exact) mass is 332 g/mol. The zero-order chi connectivity index (χ0) is 11.4. The van der Waals surface area contributed by atoms with E-state index in [4.69, 9.17) is 4.74 Å². The van der Waals surface area contributed by atoms with E-state index in [2.05, 4.69) is 8.04 Å². The van der Waals surface area contributed by atoms with Crippen LogP contribution in [0.1, 0.15) is 0 Å². The van der Waals surface area contributed by atoms with Crippen LogP contribution < -0.4 is 8.43 Å². The minimum absolute atomic E-state index is 0.0246. The van der Waals surface area contributed by atoms with Crippen molar-refractivity contribution < 1.29 is 9.53 Å². The summed E-state index contributed by atoms with van der Waals surface area (Å²) < 4.78 is 12.1. The Hall–Kier alpha value is -0.950. The van der Waals surface area contributed by atoms with Crippen molar-refractivity contribution in [1.29, 1.82) is 0 Å². The summed E-state index contributed by atoms with van der Waals surface area (Å²) in [6, 6.07) is 7.85. The number of rotatable bonds is 3. The van der Waals surface area contributed by atoms with Gasteiger partial charge < -0.3 is 13.2 Å². The fourth-order valence-electron chi connectivity index (χ4n) is 1.57. The van der Waals surface area contributed by atoms with Gasteiger partial charge in [0.1, 0.15) is 6.61 Å². The number of amides is 1. The van der Waals surface area contributed by atoms with Gasteiger partial charge in [0.15, 0.2) is 0 Å². The average molecular weight is 332 g/mol. The second-order valence-electron chi connectivity index (χ2n) is 3.37. The van der Waals surface area contributed by atoms with E-state index in [0.717, 1.165) is 11.4 Å². The largest absolute Gasteiger partial charge is 0.370 e. The number of nitrogens with one attached hydrogen (secondary N) is 1. The van der Waals surface area contributed by atoms with Crippen LogP contribution in [0.15, 0.2) is 24.3 Å². The Kier molecular flexibility index (Phi) is 3.89. The molecular formula is C11H13IN2O2. The maximum atomic E-state index is 11.6. The van der Waals surface area contributed by atoms with Crippen LogP contribution in [0.5, 0.6) is 0 Å². The number of carbonyl (C=O) groups is 1. The van der Waals surface area contributed by atoms with Crippen LogP contribution in [-0.4, -0.2) is 30.2 Å². The first kappa shape index (κ1) is 11.5. The summed E-state index contributed by atoms with van der Waals surface area (Å²) in [5.41, 5.74) is 1.99. The molecule has 1 heterocycles. The molecule has 16 heavy (non-hydrogen) atoms. The molecule has 2 rings (SSSR count). The van der Waals surface area contributed by atoms with Gasteiger partial charge in [0.2, 0.25) is 0 Å². The highest BCUT2D eigenvalue weighted by Gasteiger charge is 2.19. The molecule has 0 radical (unpaired) electrons. The molecule has 1 aromatic carbocycles. The van der Waals surface area contributed by atoms with E-state index < -0.39 is 0 Å². The number of morpholine rings is 1. The molecule has 1 aliphatic rings. The Bertz CT molecular complexity index is 391. The van der Waals surface area contributed by atoms with Gasteiger partial charge in [-0.1, -0.05) is 0 Å². The minimum Gasteiger partial charge on any atom is -0.370 e. The highest BCUT2D eigenvalue weighted by atomic mass is 127. The number of hydrogen-bond donors (Lipinski definition) is 1. The molecular weight excluding hydrogens is 319 g/mol. The number of halogens is 1. The van der Waals surface area contributed by atoms with Crippen LogP contribution in [0.2, 0.25) is 0 Å². The lowest BCUT2D eigenvalue weighted by molar-refractivity contribution is -0.125. The quantitative estimate of drug-likeness (QED) is 0.678. The summed E-state index contributed by atoms with van der Waals surface area (Å²) in [5.74, 6) is 0.0246. The van der Waals surface area contributed by atoms with Crippen molar-refractivity contribution in [1.82, 2.24) is 0 Å². The molecule has 86 valence electrons. The van der Waals surface area contributed by atoms with Gasteiger partial charge in [-0.05, 0) is 49.8 Å². The molecule has 1 fully saturated rings. The summed E-state index contributed by atoms with van der Waals surface area (Å²) in [5, 5.41) is 0. The lowest BCUT2D eigenvalue weighted by Crippen LogP contribution is -2.41. The first-order chi connectivity index (χ1) is 7.81. The number of hydrogen-bond acceptors (Lipinski definition) is 3. The van der Waals surface area contributed by atoms with E-state index in [1.807, 2.05) is 24.3 Å². The highest BCUT2D eigenvalue weighted by Crippen LogP contribution is 2.20. The fourth-order valence-corrected chi connectivity index (χ4v) is 2.37.